The second-order valence-electron chi connectivity index (χ2n) is 4.26. The van der Waals surface area contributed by atoms with Gasteiger partial charge in [0.1, 0.15) is 5.15 Å². The first-order chi connectivity index (χ1) is 9.20. The van der Waals surface area contributed by atoms with E-state index in [0.29, 0.717) is 10.8 Å². The molecule has 0 bridgehead atoms. The van der Waals surface area contributed by atoms with Crippen LogP contribution >= 0.6 is 23.9 Å². The summed E-state index contributed by atoms with van der Waals surface area (Å²) in [5, 5.41) is 1.25. The fourth-order valence-electron chi connectivity index (χ4n) is 2.19. The molecule has 2 nitrogen and oxygen atoms in total. The summed E-state index contributed by atoms with van der Waals surface area (Å²) in [5.41, 5.74) is 3.71. The Morgan fingerprint density at radius 3 is 2.68 bits per heavy atom. The summed E-state index contributed by atoms with van der Waals surface area (Å²) in [5.74, 6) is 0. The van der Waals surface area contributed by atoms with Crippen LogP contribution in [0.4, 0.5) is 3.89 Å². The molecule has 0 spiro atoms. The molecule has 2 aromatic heterocycles. The van der Waals surface area contributed by atoms with Crippen molar-refractivity contribution in [3.05, 3.63) is 53.3 Å². The van der Waals surface area contributed by atoms with Crippen LogP contribution < -0.4 is 0 Å². The molecule has 0 N–H and O–H groups in total. The maximum Gasteiger partial charge on any atom is 0.171 e. The zero-order valence-corrected chi connectivity index (χ0v) is 11.7. The van der Waals surface area contributed by atoms with E-state index in [-0.39, 0.29) is 12.3 Å². The summed E-state index contributed by atoms with van der Waals surface area (Å²) in [7, 11) is 0. The maximum absolute atomic E-state index is 13.0. The minimum atomic E-state index is 0.124. The number of pyridine rings is 1. The highest BCUT2D eigenvalue weighted by Crippen LogP contribution is 2.34. The number of aryl methyl sites for hydroxylation is 1. The van der Waals surface area contributed by atoms with Crippen molar-refractivity contribution >= 4 is 35.0 Å². The predicted octanol–water partition coefficient (Wildman–Crippen LogP) is 5.05. The third-order valence-electron chi connectivity index (χ3n) is 3.10. The number of nitrogens with zero attached hydrogens (tertiary/aromatic N) is 2. The summed E-state index contributed by atoms with van der Waals surface area (Å²) >= 11 is 6.00. The number of aromatic nitrogens is 2. The highest BCUT2D eigenvalue weighted by atomic mass is 35.5. The van der Waals surface area contributed by atoms with Crippen molar-refractivity contribution in [3.8, 4) is 11.1 Å². The monoisotopic (exact) mass is 292 g/mol. The van der Waals surface area contributed by atoms with Gasteiger partial charge in [-0.25, -0.2) is 8.96 Å². The molecule has 3 rings (SSSR count). The van der Waals surface area contributed by atoms with E-state index in [4.69, 9.17) is 11.6 Å². The molecular formula is C14H10ClFN2S. The average Bonchev–Trinajstić information content (AvgIpc) is 2.77. The van der Waals surface area contributed by atoms with E-state index in [1.54, 1.807) is 12.3 Å². The second-order valence-corrected chi connectivity index (χ2v) is 5.18. The van der Waals surface area contributed by atoms with Crippen LogP contribution in [-0.4, -0.2) is 8.96 Å². The van der Waals surface area contributed by atoms with E-state index in [1.807, 2.05) is 37.3 Å². The Kier molecular flexibility index (Phi) is 3.21. The Morgan fingerprint density at radius 2 is 1.95 bits per heavy atom. The molecule has 1 aromatic carbocycles. The summed E-state index contributed by atoms with van der Waals surface area (Å²) < 4.78 is 14.4. The minimum absolute atomic E-state index is 0.124. The zero-order valence-electron chi connectivity index (χ0n) is 10.1. The fourth-order valence-corrected chi connectivity index (χ4v) is 2.69. The lowest BCUT2D eigenvalue weighted by molar-refractivity contribution is 0.919. The number of rotatable bonds is 2. The van der Waals surface area contributed by atoms with Gasteiger partial charge in [0.2, 0.25) is 0 Å². The van der Waals surface area contributed by atoms with Crippen molar-refractivity contribution < 1.29 is 3.89 Å². The molecule has 96 valence electrons. The van der Waals surface area contributed by atoms with E-state index >= 15 is 0 Å². The second kappa shape index (κ2) is 4.87. The van der Waals surface area contributed by atoms with Gasteiger partial charge < -0.3 is 0 Å². The molecule has 0 aliphatic heterocycles. The van der Waals surface area contributed by atoms with Gasteiger partial charge in [0.25, 0.3) is 0 Å². The lowest BCUT2D eigenvalue weighted by atomic mass is 10.0. The summed E-state index contributed by atoms with van der Waals surface area (Å²) in [6.45, 7) is 2.03. The molecule has 0 aliphatic carbocycles. The third-order valence-corrected chi connectivity index (χ3v) is 3.73. The number of fused-ring (bicyclic) bond motifs is 1. The van der Waals surface area contributed by atoms with Crippen molar-refractivity contribution in [1.29, 1.82) is 0 Å². The lowest BCUT2D eigenvalue weighted by Crippen LogP contribution is -1.83. The van der Waals surface area contributed by atoms with Crippen LogP contribution in [0.5, 0.6) is 0 Å². The predicted molar refractivity (Wildman–Crippen MR) is 79.0 cm³/mol. The van der Waals surface area contributed by atoms with Crippen LogP contribution in [-0.2, 0) is 0 Å². The maximum atomic E-state index is 13.0. The van der Waals surface area contributed by atoms with Gasteiger partial charge in [-0.1, -0.05) is 35.9 Å². The Hall–Kier alpha value is -1.52. The van der Waals surface area contributed by atoms with E-state index in [2.05, 4.69) is 4.98 Å². The molecule has 0 saturated heterocycles. The van der Waals surface area contributed by atoms with Crippen LogP contribution in [0.15, 0.2) is 42.6 Å². The van der Waals surface area contributed by atoms with E-state index in [1.165, 1.54) is 3.97 Å². The Balaban J connectivity index is 2.34. The van der Waals surface area contributed by atoms with Gasteiger partial charge in [-0.15, -0.1) is 3.89 Å². The number of halogens is 2. The normalized spacial score (nSPS) is 11.1. The molecule has 3 aromatic rings. The van der Waals surface area contributed by atoms with Gasteiger partial charge in [0, 0.05) is 17.1 Å². The first kappa shape index (κ1) is 12.5. The fraction of sp³-hybridized carbons (Fsp3) is 0.0714. The zero-order chi connectivity index (χ0) is 13.4. The Bertz CT molecular complexity index is 754. The number of benzene rings is 1. The van der Waals surface area contributed by atoms with Gasteiger partial charge in [-0.2, -0.15) is 0 Å². The highest BCUT2D eigenvalue weighted by Gasteiger charge is 2.13. The van der Waals surface area contributed by atoms with Crippen molar-refractivity contribution in [1.82, 2.24) is 8.96 Å². The number of hydrogen-bond acceptors (Lipinski definition) is 2. The smallest absolute Gasteiger partial charge is 0.171 e. The van der Waals surface area contributed by atoms with Crippen LogP contribution in [0.25, 0.3) is 22.2 Å². The van der Waals surface area contributed by atoms with Gasteiger partial charge in [-0.3, -0.25) is 0 Å². The van der Waals surface area contributed by atoms with E-state index in [0.717, 1.165) is 22.1 Å². The van der Waals surface area contributed by atoms with Crippen LogP contribution in [0.3, 0.4) is 0 Å². The molecule has 0 aliphatic rings. The van der Waals surface area contributed by atoms with Crippen molar-refractivity contribution in [2.45, 2.75) is 6.92 Å². The molecule has 0 amide bonds. The molecule has 0 radical (unpaired) electrons. The molecular weight excluding hydrogens is 283 g/mol. The Morgan fingerprint density at radius 1 is 1.16 bits per heavy atom. The topological polar surface area (TPSA) is 17.8 Å². The largest absolute Gasteiger partial charge is 0.246 e. The van der Waals surface area contributed by atoms with Crippen molar-refractivity contribution in [2.75, 3.05) is 0 Å². The molecule has 0 saturated carbocycles. The SMILES string of the molecule is Cc1ccccc1-c1cn(SF)c2nc(Cl)ccc12. The molecule has 2 heterocycles. The van der Waals surface area contributed by atoms with Crippen LogP contribution in [0, 0.1) is 6.92 Å². The van der Waals surface area contributed by atoms with E-state index < -0.39 is 0 Å². The molecule has 5 heteroatoms. The molecule has 0 unspecified atom stereocenters. The highest BCUT2D eigenvalue weighted by molar-refractivity contribution is 7.92. The Labute approximate surface area is 119 Å². The molecule has 19 heavy (non-hydrogen) atoms. The molecule has 0 fully saturated rings. The quantitative estimate of drug-likeness (QED) is 0.615. The third kappa shape index (κ3) is 2.11. The van der Waals surface area contributed by atoms with Gasteiger partial charge in [0.15, 0.2) is 18.0 Å². The number of hydrogen-bond donors (Lipinski definition) is 0. The van der Waals surface area contributed by atoms with Crippen LogP contribution in [0.1, 0.15) is 5.56 Å². The van der Waals surface area contributed by atoms with Crippen molar-refractivity contribution in [2.24, 2.45) is 0 Å². The summed E-state index contributed by atoms with van der Waals surface area (Å²) in [4.78, 5) is 4.19. The van der Waals surface area contributed by atoms with Crippen molar-refractivity contribution in [3.63, 3.8) is 0 Å². The first-order valence-corrected chi connectivity index (χ1v) is 6.78. The summed E-state index contributed by atoms with van der Waals surface area (Å²) in [6.07, 6.45) is 1.75. The summed E-state index contributed by atoms with van der Waals surface area (Å²) in [6, 6.07) is 11.6. The van der Waals surface area contributed by atoms with Crippen LogP contribution in [0.2, 0.25) is 5.15 Å². The lowest BCUT2D eigenvalue weighted by Gasteiger charge is -2.03. The van der Waals surface area contributed by atoms with Gasteiger partial charge >= 0.3 is 0 Å². The standard InChI is InChI=1S/C14H10ClFN2S/c1-9-4-2-3-5-10(9)12-8-18(19-16)14-11(12)6-7-13(15)17-14/h2-8H,1H3. The first-order valence-electron chi connectivity index (χ1n) is 5.73. The molecule has 0 atom stereocenters. The van der Waals surface area contributed by atoms with Gasteiger partial charge in [0.05, 0.1) is 0 Å². The average molecular weight is 293 g/mol. The van der Waals surface area contributed by atoms with E-state index in [9.17, 15) is 3.89 Å². The minimum Gasteiger partial charge on any atom is -0.246 e. The van der Waals surface area contributed by atoms with Gasteiger partial charge in [-0.05, 0) is 30.2 Å².